The van der Waals surface area contributed by atoms with Crippen molar-refractivity contribution in [2.24, 2.45) is 24.8 Å². The van der Waals surface area contributed by atoms with Crippen molar-refractivity contribution in [3.8, 4) is 5.88 Å². The third-order valence-electron chi connectivity index (χ3n) is 5.49. The van der Waals surface area contributed by atoms with Crippen LogP contribution in [0, 0.1) is 17.8 Å². The summed E-state index contributed by atoms with van der Waals surface area (Å²) in [4.78, 5) is 21.0. The molecule has 2 heterocycles. The van der Waals surface area contributed by atoms with E-state index in [9.17, 15) is 4.79 Å². The Morgan fingerprint density at radius 3 is 2.67 bits per heavy atom. The Kier molecular flexibility index (Phi) is 5.05. The number of halogens is 2. The number of carbonyl (C=O) groups is 1. The van der Waals surface area contributed by atoms with E-state index in [4.69, 9.17) is 27.9 Å². The number of fused-ring (bicyclic) bond motifs is 1. The Morgan fingerprint density at radius 1 is 1.30 bits per heavy atom. The molecule has 1 aromatic carbocycles. The number of amides is 1. The molecular formula is C19H22Cl2N4O2. The van der Waals surface area contributed by atoms with Crippen molar-refractivity contribution < 1.29 is 9.53 Å². The van der Waals surface area contributed by atoms with Crippen LogP contribution in [0.5, 0.6) is 5.88 Å². The predicted molar refractivity (Wildman–Crippen MR) is 104 cm³/mol. The zero-order valence-electron chi connectivity index (χ0n) is 15.3. The number of rotatable bonds is 5. The molecule has 2 aromatic rings. The molecule has 4 rings (SSSR count). The normalized spacial score (nSPS) is 23.9. The molecule has 1 aromatic heterocycles. The van der Waals surface area contributed by atoms with Crippen LogP contribution in [0.15, 0.2) is 30.7 Å². The van der Waals surface area contributed by atoms with Crippen LogP contribution in [-0.2, 0) is 13.6 Å². The highest BCUT2D eigenvalue weighted by atomic mass is 35.5. The fourth-order valence-corrected chi connectivity index (χ4v) is 4.51. The van der Waals surface area contributed by atoms with Gasteiger partial charge in [-0.25, -0.2) is 9.78 Å². The number of carbonyl (C=O) groups excluding carboxylic acids is 1. The molecule has 2 fully saturated rings. The van der Waals surface area contributed by atoms with Crippen molar-refractivity contribution in [1.82, 2.24) is 19.4 Å². The van der Waals surface area contributed by atoms with E-state index in [1.54, 1.807) is 34.1 Å². The SMILES string of the molecule is CN1CC2C(C1)C2CN(Cc1ccc(Cl)cc1Cl)C(=O)Oc1cn(C)cn1. The van der Waals surface area contributed by atoms with Gasteiger partial charge in [0, 0.05) is 36.7 Å². The number of imidazole rings is 1. The monoisotopic (exact) mass is 408 g/mol. The molecular weight excluding hydrogens is 387 g/mol. The summed E-state index contributed by atoms with van der Waals surface area (Å²) in [5.74, 6) is 2.15. The third-order valence-corrected chi connectivity index (χ3v) is 6.08. The number of ether oxygens (including phenoxy) is 1. The van der Waals surface area contributed by atoms with Gasteiger partial charge in [-0.1, -0.05) is 29.3 Å². The highest BCUT2D eigenvalue weighted by Crippen LogP contribution is 2.51. The molecule has 144 valence electrons. The van der Waals surface area contributed by atoms with E-state index in [-0.39, 0.29) is 0 Å². The van der Waals surface area contributed by atoms with Crippen molar-refractivity contribution in [2.75, 3.05) is 26.7 Å². The molecule has 0 radical (unpaired) electrons. The molecule has 0 bridgehead atoms. The number of hydrogen-bond acceptors (Lipinski definition) is 4. The Labute approximate surface area is 168 Å². The molecule has 6 nitrogen and oxygen atoms in total. The van der Waals surface area contributed by atoms with E-state index >= 15 is 0 Å². The molecule has 0 spiro atoms. The lowest BCUT2D eigenvalue weighted by molar-refractivity contribution is 0.142. The Morgan fingerprint density at radius 2 is 2.04 bits per heavy atom. The smallest absolute Gasteiger partial charge is 0.389 e. The molecule has 1 aliphatic heterocycles. The van der Waals surface area contributed by atoms with Crippen molar-refractivity contribution >= 4 is 29.3 Å². The van der Waals surface area contributed by atoms with Gasteiger partial charge in [0.05, 0.1) is 19.1 Å². The first-order valence-corrected chi connectivity index (χ1v) is 9.73. The van der Waals surface area contributed by atoms with Gasteiger partial charge in [0.15, 0.2) is 0 Å². The van der Waals surface area contributed by atoms with E-state index in [2.05, 4.69) is 16.9 Å². The van der Waals surface area contributed by atoms with E-state index in [0.717, 1.165) is 18.7 Å². The summed E-state index contributed by atoms with van der Waals surface area (Å²) >= 11 is 12.3. The predicted octanol–water partition coefficient (Wildman–Crippen LogP) is 3.54. The van der Waals surface area contributed by atoms with Crippen LogP contribution in [0.2, 0.25) is 10.0 Å². The minimum absolute atomic E-state index is 0.297. The number of nitrogens with zero attached hydrogens (tertiary/aromatic N) is 4. The molecule has 1 aliphatic carbocycles. The highest BCUT2D eigenvalue weighted by molar-refractivity contribution is 6.35. The van der Waals surface area contributed by atoms with Crippen LogP contribution in [0.4, 0.5) is 4.79 Å². The van der Waals surface area contributed by atoms with Crippen LogP contribution >= 0.6 is 23.2 Å². The topological polar surface area (TPSA) is 50.6 Å². The summed E-state index contributed by atoms with van der Waals surface area (Å²) in [5, 5.41) is 1.12. The zero-order chi connectivity index (χ0) is 19.1. The summed E-state index contributed by atoms with van der Waals surface area (Å²) < 4.78 is 7.22. The first-order chi connectivity index (χ1) is 12.9. The molecule has 1 saturated carbocycles. The summed E-state index contributed by atoms with van der Waals surface area (Å²) in [6.45, 7) is 3.24. The minimum atomic E-state index is -0.405. The van der Waals surface area contributed by atoms with Gasteiger partial charge in [0.25, 0.3) is 0 Å². The summed E-state index contributed by atoms with van der Waals surface area (Å²) in [6, 6.07) is 5.33. The van der Waals surface area contributed by atoms with Gasteiger partial charge < -0.3 is 19.1 Å². The summed E-state index contributed by atoms with van der Waals surface area (Å²) in [5.41, 5.74) is 0.849. The van der Waals surface area contributed by atoms with Gasteiger partial charge in [-0.2, -0.15) is 0 Å². The van der Waals surface area contributed by atoms with Crippen LogP contribution in [-0.4, -0.2) is 52.1 Å². The van der Waals surface area contributed by atoms with Crippen molar-refractivity contribution in [3.05, 3.63) is 46.3 Å². The van der Waals surface area contributed by atoms with Crippen molar-refractivity contribution in [3.63, 3.8) is 0 Å². The fraction of sp³-hybridized carbons (Fsp3) is 0.474. The van der Waals surface area contributed by atoms with Crippen molar-refractivity contribution in [1.29, 1.82) is 0 Å². The second kappa shape index (κ2) is 7.34. The molecule has 2 atom stereocenters. The van der Waals surface area contributed by atoms with E-state index in [1.807, 2.05) is 13.1 Å². The number of hydrogen-bond donors (Lipinski definition) is 0. The van der Waals surface area contributed by atoms with Gasteiger partial charge in [-0.05, 0) is 42.5 Å². The molecule has 0 N–H and O–H groups in total. The average Bonchev–Trinajstić information content (AvgIpc) is 2.94. The molecule has 27 heavy (non-hydrogen) atoms. The summed E-state index contributed by atoms with van der Waals surface area (Å²) in [6.07, 6.45) is 2.87. The summed E-state index contributed by atoms with van der Waals surface area (Å²) in [7, 11) is 3.97. The second-order valence-corrected chi connectivity index (χ2v) is 8.42. The van der Waals surface area contributed by atoms with E-state index in [0.29, 0.717) is 46.8 Å². The van der Waals surface area contributed by atoms with Gasteiger partial charge in [-0.15, -0.1) is 0 Å². The van der Waals surface area contributed by atoms with Crippen LogP contribution in [0.1, 0.15) is 5.56 Å². The van der Waals surface area contributed by atoms with Crippen LogP contribution < -0.4 is 4.74 Å². The number of aryl methyl sites for hydroxylation is 1. The van der Waals surface area contributed by atoms with Gasteiger partial charge in [0.1, 0.15) is 0 Å². The number of likely N-dealkylation sites (tertiary alicyclic amines) is 1. The lowest BCUT2D eigenvalue weighted by Gasteiger charge is -2.24. The fourth-order valence-electron chi connectivity index (χ4n) is 4.04. The molecule has 2 unspecified atom stereocenters. The maximum absolute atomic E-state index is 12.8. The Hall–Kier alpha value is -1.76. The van der Waals surface area contributed by atoms with Gasteiger partial charge in [0.2, 0.25) is 5.88 Å². The van der Waals surface area contributed by atoms with Crippen molar-refractivity contribution in [2.45, 2.75) is 6.54 Å². The molecule has 1 amide bonds. The van der Waals surface area contributed by atoms with E-state index < -0.39 is 6.09 Å². The maximum Gasteiger partial charge on any atom is 0.416 e. The van der Waals surface area contributed by atoms with Gasteiger partial charge >= 0.3 is 6.09 Å². The molecule has 2 aliphatic rings. The maximum atomic E-state index is 12.8. The average molecular weight is 409 g/mol. The first kappa shape index (κ1) is 18.6. The second-order valence-electron chi connectivity index (χ2n) is 7.57. The Balaban J connectivity index is 1.48. The van der Waals surface area contributed by atoms with E-state index in [1.165, 1.54) is 0 Å². The minimum Gasteiger partial charge on any atom is -0.389 e. The standard InChI is InChI=1S/C19H22Cl2N4O2/c1-23-7-14-15(8-23)16(14)9-25(6-12-3-4-13(20)5-17(12)21)19(26)27-18-10-24(2)11-22-18/h3-5,10-11,14-16H,6-9H2,1-2H3. The Bertz CT molecular complexity index is 844. The lowest BCUT2D eigenvalue weighted by atomic mass is 10.2. The number of benzene rings is 1. The number of aromatic nitrogens is 2. The zero-order valence-corrected chi connectivity index (χ0v) is 16.8. The molecule has 8 heteroatoms. The first-order valence-electron chi connectivity index (χ1n) is 8.98. The lowest BCUT2D eigenvalue weighted by Crippen LogP contribution is -2.36. The van der Waals surface area contributed by atoms with Crippen LogP contribution in [0.3, 0.4) is 0 Å². The molecule has 1 saturated heterocycles. The quantitative estimate of drug-likeness (QED) is 0.758. The largest absolute Gasteiger partial charge is 0.416 e. The third kappa shape index (κ3) is 4.08. The van der Waals surface area contributed by atoms with Gasteiger partial charge in [-0.3, -0.25) is 0 Å². The highest BCUT2D eigenvalue weighted by Gasteiger charge is 2.55. The number of piperidine rings is 1. The van der Waals surface area contributed by atoms with Crippen LogP contribution in [0.25, 0.3) is 0 Å².